The maximum absolute atomic E-state index is 12.1. The molecule has 0 radical (unpaired) electrons. The molecule has 0 saturated carbocycles. The number of amides is 2. The number of nitrogens with zero attached hydrogens (tertiary/aromatic N) is 4. The van der Waals surface area contributed by atoms with E-state index in [1.54, 1.807) is 4.68 Å². The first-order valence-corrected chi connectivity index (χ1v) is 7.50. The number of rotatable bonds is 5. The van der Waals surface area contributed by atoms with Crippen LogP contribution in [0.1, 0.15) is 22.9 Å². The summed E-state index contributed by atoms with van der Waals surface area (Å²) in [6, 6.07) is 3.60. The minimum absolute atomic E-state index is 0.0571. The van der Waals surface area contributed by atoms with Crippen LogP contribution in [-0.4, -0.2) is 46.3 Å². The second-order valence-electron chi connectivity index (χ2n) is 5.93. The highest BCUT2D eigenvalue weighted by molar-refractivity contribution is 5.88. The number of pyridine rings is 1. The van der Waals surface area contributed by atoms with Gasteiger partial charge in [0, 0.05) is 31.0 Å². The van der Waals surface area contributed by atoms with E-state index in [0.717, 1.165) is 16.8 Å². The highest BCUT2D eigenvalue weighted by Gasteiger charge is 2.17. The van der Waals surface area contributed by atoms with Gasteiger partial charge >= 0.3 is 6.03 Å². The molecule has 2 N–H and O–H groups in total. The van der Waals surface area contributed by atoms with E-state index in [2.05, 4.69) is 20.7 Å². The predicted molar refractivity (Wildman–Crippen MR) is 90.4 cm³/mol. The van der Waals surface area contributed by atoms with E-state index in [1.165, 1.54) is 0 Å². The lowest BCUT2D eigenvalue weighted by atomic mass is 10.1. The third-order valence-electron chi connectivity index (χ3n) is 3.53. The van der Waals surface area contributed by atoms with Crippen molar-refractivity contribution in [1.82, 2.24) is 25.0 Å². The molecule has 2 rings (SSSR count). The number of likely N-dealkylation sites (N-methyl/N-ethyl adjacent to an activating group) is 1. The van der Waals surface area contributed by atoms with Crippen LogP contribution in [0.25, 0.3) is 0 Å². The van der Waals surface area contributed by atoms with Gasteiger partial charge in [0.2, 0.25) is 0 Å². The molecule has 0 saturated heterocycles. The van der Waals surface area contributed by atoms with Crippen molar-refractivity contribution >= 4 is 11.8 Å². The summed E-state index contributed by atoms with van der Waals surface area (Å²) in [5, 5.41) is 9.85. The third-order valence-corrected chi connectivity index (χ3v) is 3.53. The van der Waals surface area contributed by atoms with E-state index in [-0.39, 0.29) is 12.1 Å². The molecule has 2 aromatic heterocycles. The van der Waals surface area contributed by atoms with Crippen LogP contribution in [0.2, 0.25) is 0 Å². The smallest absolute Gasteiger partial charge is 0.320 e. The van der Waals surface area contributed by atoms with Gasteiger partial charge in [0.15, 0.2) is 0 Å². The van der Waals surface area contributed by atoms with E-state index in [1.807, 2.05) is 64.4 Å². The summed E-state index contributed by atoms with van der Waals surface area (Å²) in [7, 11) is 5.83. The Hall–Kier alpha value is -2.41. The van der Waals surface area contributed by atoms with Crippen LogP contribution in [0.15, 0.2) is 24.5 Å². The molecule has 124 valence electrons. The lowest BCUT2D eigenvalue weighted by Crippen LogP contribution is -2.37. The Balaban J connectivity index is 1.96. The quantitative estimate of drug-likeness (QED) is 0.883. The minimum Gasteiger partial charge on any atom is -0.336 e. The summed E-state index contributed by atoms with van der Waals surface area (Å²) < 4.78 is 1.76. The molecular formula is C16H24N6O. The number of urea groups is 1. The number of carbonyl (C=O) groups is 1. The van der Waals surface area contributed by atoms with Gasteiger partial charge in [0.25, 0.3) is 0 Å². The number of nitrogens with one attached hydrogen (secondary N) is 2. The van der Waals surface area contributed by atoms with E-state index >= 15 is 0 Å². The summed E-state index contributed by atoms with van der Waals surface area (Å²) in [6.45, 7) is 4.36. The zero-order chi connectivity index (χ0) is 17.0. The second kappa shape index (κ2) is 7.23. The van der Waals surface area contributed by atoms with Crippen molar-refractivity contribution in [2.75, 3.05) is 26.0 Å². The Morgan fingerprint density at radius 3 is 2.65 bits per heavy atom. The normalized spacial score (nSPS) is 12.3. The molecule has 0 spiro atoms. The van der Waals surface area contributed by atoms with E-state index in [4.69, 9.17) is 0 Å². The van der Waals surface area contributed by atoms with Crippen molar-refractivity contribution in [1.29, 1.82) is 0 Å². The molecule has 2 amide bonds. The molecule has 7 heteroatoms. The summed E-state index contributed by atoms with van der Waals surface area (Å²) >= 11 is 0. The number of aryl methyl sites for hydroxylation is 3. The van der Waals surface area contributed by atoms with Crippen molar-refractivity contribution in [2.45, 2.75) is 19.9 Å². The summed E-state index contributed by atoms with van der Waals surface area (Å²) in [4.78, 5) is 18.4. The molecule has 0 aliphatic carbocycles. The molecule has 0 aliphatic heterocycles. The van der Waals surface area contributed by atoms with Crippen molar-refractivity contribution in [2.24, 2.45) is 7.05 Å². The van der Waals surface area contributed by atoms with Gasteiger partial charge in [0.05, 0.1) is 12.2 Å². The maximum atomic E-state index is 12.1. The first kappa shape index (κ1) is 17.0. The van der Waals surface area contributed by atoms with Crippen LogP contribution < -0.4 is 10.6 Å². The Kier molecular flexibility index (Phi) is 5.33. The predicted octanol–water partition coefficient (Wildman–Crippen LogP) is 1.86. The van der Waals surface area contributed by atoms with Crippen molar-refractivity contribution in [3.05, 3.63) is 41.3 Å². The largest absolute Gasteiger partial charge is 0.336 e. The Bertz CT molecular complexity index is 659. The number of anilines is 1. The van der Waals surface area contributed by atoms with E-state index in [9.17, 15) is 4.79 Å². The summed E-state index contributed by atoms with van der Waals surface area (Å²) in [5.41, 5.74) is 3.00. The highest BCUT2D eigenvalue weighted by Crippen LogP contribution is 2.16. The van der Waals surface area contributed by atoms with E-state index < -0.39 is 0 Å². The maximum Gasteiger partial charge on any atom is 0.320 e. The molecule has 2 heterocycles. The zero-order valence-electron chi connectivity index (χ0n) is 14.3. The number of carbonyl (C=O) groups excluding carboxylic acids is 1. The van der Waals surface area contributed by atoms with Gasteiger partial charge in [-0.25, -0.2) is 9.78 Å². The van der Waals surface area contributed by atoms with Crippen LogP contribution in [0, 0.1) is 13.8 Å². The Morgan fingerprint density at radius 1 is 1.35 bits per heavy atom. The molecule has 1 atom stereocenters. The lowest BCUT2D eigenvalue weighted by Gasteiger charge is -2.23. The second-order valence-corrected chi connectivity index (χ2v) is 5.93. The van der Waals surface area contributed by atoms with Crippen molar-refractivity contribution in [3.63, 3.8) is 0 Å². The fourth-order valence-corrected chi connectivity index (χ4v) is 2.47. The van der Waals surface area contributed by atoms with Gasteiger partial charge in [-0.15, -0.1) is 0 Å². The van der Waals surface area contributed by atoms with Crippen LogP contribution in [0.3, 0.4) is 0 Å². The number of aromatic nitrogens is 3. The van der Waals surface area contributed by atoms with Gasteiger partial charge in [-0.1, -0.05) is 0 Å². The Morgan fingerprint density at radius 2 is 2.09 bits per heavy atom. The topological polar surface area (TPSA) is 75.1 Å². The molecule has 23 heavy (non-hydrogen) atoms. The van der Waals surface area contributed by atoms with Crippen LogP contribution in [0.5, 0.6) is 0 Å². The molecule has 7 nitrogen and oxygen atoms in total. The fraction of sp³-hybridized carbons (Fsp3) is 0.438. The van der Waals surface area contributed by atoms with Gasteiger partial charge in [-0.3, -0.25) is 10.00 Å². The number of hydrogen-bond acceptors (Lipinski definition) is 4. The van der Waals surface area contributed by atoms with Gasteiger partial charge in [-0.05, 0) is 45.6 Å². The van der Waals surface area contributed by atoms with Gasteiger partial charge in [0.1, 0.15) is 5.82 Å². The van der Waals surface area contributed by atoms with Crippen LogP contribution >= 0.6 is 0 Å². The summed E-state index contributed by atoms with van der Waals surface area (Å²) in [5.74, 6) is 0.558. The highest BCUT2D eigenvalue weighted by atomic mass is 16.2. The molecule has 0 aromatic carbocycles. The Labute approximate surface area is 136 Å². The molecule has 1 unspecified atom stereocenters. The molecule has 0 fully saturated rings. The average Bonchev–Trinajstić information content (AvgIpc) is 2.83. The van der Waals surface area contributed by atoms with Gasteiger partial charge < -0.3 is 10.2 Å². The molecular weight excluding hydrogens is 292 g/mol. The SMILES string of the molecule is Cc1cc(C)nc(NC(=O)NCC(c2cnn(C)c2)N(C)C)c1. The minimum atomic E-state index is -0.266. The van der Waals surface area contributed by atoms with Crippen molar-refractivity contribution in [3.8, 4) is 0 Å². The first-order chi connectivity index (χ1) is 10.8. The molecule has 0 aliphatic rings. The molecule has 0 bridgehead atoms. The average molecular weight is 316 g/mol. The van der Waals surface area contributed by atoms with Crippen LogP contribution in [-0.2, 0) is 7.05 Å². The molecule has 2 aromatic rings. The fourth-order valence-electron chi connectivity index (χ4n) is 2.47. The first-order valence-electron chi connectivity index (χ1n) is 7.50. The lowest BCUT2D eigenvalue weighted by molar-refractivity contribution is 0.243. The van der Waals surface area contributed by atoms with Crippen LogP contribution in [0.4, 0.5) is 10.6 Å². The van der Waals surface area contributed by atoms with E-state index in [0.29, 0.717) is 12.4 Å². The third kappa shape index (κ3) is 4.79. The number of hydrogen-bond donors (Lipinski definition) is 2. The van der Waals surface area contributed by atoms with Gasteiger partial charge in [-0.2, -0.15) is 5.10 Å². The monoisotopic (exact) mass is 316 g/mol. The standard InChI is InChI=1S/C16H24N6O/c1-11-6-12(2)19-15(7-11)20-16(23)17-9-14(21(3)4)13-8-18-22(5)10-13/h6-8,10,14H,9H2,1-5H3,(H2,17,19,20,23). The van der Waals surface area contributed by atoms with Crippen molar-refractivity contribution < 1.29 is 4.79 Å². The zero-order valence-corrected chi connectivity index (χ0v) is 14.3. The summed E-state index contributed by atoms with van der Waals surface area (Å²) in [6.07, 6.45) is 3.77.